The third kappa shape index (κ3) is 3.45. The first-order valence-electron chi connectivity index (χ1n) is 7.31. The van der Waals surface area contributed by atoms with Gasteiger partial charge < -0.3 is 5.32 Å². The summed E-state index contributed by atoms with van der Waals surface area (Å²) in [7, 11) is 0. The van der Waals surface area contributed by atoms with Crippen LogP contribution in [-0.4, -0.2) is 27.2 Å². The van der Waals surface area contributed by atoms with E-state index in [2.05, 4.69) is 15.4 Å². The maximum Gasteiger partial charge on any atom is 0.257 e. The third-order valence-corrected chi connectivity index (χ3v) is 3.43. The summed E-state index contributed by atoms with van der Waals surface area (Å²) in [6.45, 7) is 0.580. The zero-order chi connectivity index (χ0) is 16.9. The summed E-state index contributed by atoms with van der Waals surface area (Å²) in [5.74, 6) is -2.55. The molecule has 1 amide bonds. The molecule has 0 fully saturated rings. The van der Waals surface area contributed by atoms with Crippen LogP contribution in [-0.2, 0) is 6.54 Å². The summed E-state index contributed by atoms with van der Waals surface area (Å²) in [4.78, 5) is 15.8. The molecule has 0 aliphatic heterocycles. The Labute approximate surface area is 137 Å². The Morgan fingerprint density at radius 1 is 1.08 bits per heavy atom. The summed E-state index contributed by atoms with van der Waals surface area (Å²) in [5, 5.41) is 6.86. The maximum atomic E-state index is 13.5. The van der Waals surface area contributed by atoms with Gasteiger partial charge in [0.2, 0.25) is 0 Å². The van der Waals surface area contributed by atoms with Gasteiger partial charge in [0.1, 0.15) is 17.2 Å². The average Bonchev–Trinajstić information content (AvgIpc) is 3.04. The highest BCUT2D eigenvalue weighted by atomic mass is 19.1. The van der Waals surface area contributed by atoms with E-state index in [1.165, 1.54) is 6.07 Å². The van der Waals surface area contributed by atoms with E-state index < -0.39 is 23.1 Å². The van der Waals surface area contributed by atoms with Gasteiger partial charge in [-0.25, -0.2) is 8.78 Å². The van der Waals surface area contributed by atoms with E-state index in [1.807, 2.05) is 18.2 Å². The molecule has 122 valence electrons. The topological polar surface area (TPSA) is 59.8 Å². The van der Waals surface area contributed by atoms with Crippen molar-refractivity contribution in [2.24, 2.45) is 0 Å². The number of aromatic nitrogens is 3. The zero-order valence-electron chi connectivity index (χ0n) is 12.6. The SMILES string of the molecule is O=C(NCCn1ccc(-c2ccncc2)n1)c1c(F)cccc1F. The van der Waals surface area contributed by atoms with Crippen molar-refractivity contribution < 1.29 is 13.6 Å². The number of rotatable bonds is 5. The molecule has 0 atom stereocenters. The van der Waals surface area contributed by atoms with E-state index in [4.69, 9.17) is 0 Å². The van der Waals surface area contributed by atoms with Crippen molar-refractivity contribution in [2.45, 2.75) is 6.54 Å². The molecular weight excluding hydrogens is 314 g/mol. The summed E-state index contributed by atoms with van der Waals surface area (Å²) < 4.78 is 28.7. The Morgan fingerprint density at radius 3 is 2.50 bits per heavy atom. The largest absolute Gasteiger partial charge is 0.350 e. The Morgan fingerprint density at radius 2 is 1.79 bits per heavy atom. The Bertz CT molecular complexity index is 829. The van der Waals surface area contributed by atoms with Crippen LogP contribution >= 0.6 is 0 Å². The molecule has 3 aromatic rings. The minimum Gasteiger partial charge on any atom is -0.350 e. The lowest BCUT2D eigenvalue weighted by Crippen LogP contribution is -2.29. The number of amides is 1. The zero-order valence-corrected chi connectivity index (χ0v) is 12.6. The van der Waals surface area contributed by atoms with Crippen LogP contribution in [0.15, 0.2) is 55.0 Å². The fourth-order valence-corrected chi connectivity index (χ4v) is 2.25. The molecule has 0 saturated carbocycles. The fraction of sp³-hybridized carbons (Fsp3) is 0.118. The summed E-state index contributed by atoms with van der Waals surface area (Å²) in [6.07, 6.45) is 5.13. The van der Waals surface area contributed by atoms with E-state index in [9.17, 15) is 13.6 Å². The molecule has 0 saturated heterocycles. The molecule has 24 heavy (non-hydrogen) atoms. The van der Waals surface area contributed by atoms with Crippen molar-refractivity contribution in [1.29, 1.82) is 0 Å². The van der Waals surface area contributed by atoms with Crippen molar-refractivity contribution in [2.75, 3.05) is 6.54 Å². The van der Waals surface area contributed by atoms with Crippen molar-refractivity contribution in [3.8, 4) is 11.3 Å². The van der Waals surface area contributed by atoms with E-state index in [0.717, 1.165) is 23.4 Å². The average molecular weight is 328 g/mol. The van der Waals surface area contributed by atoms with Gasteiger partial charge in [-0.2, -0.15) is 5.10 Å². The molecular formula is C17H14F2N4O. The molecule has 0 spiro atoms. The Kier molecular flexibility index (Phi) is 4.60. The molecule has 7 heteroatoms. The Balaban J connectivity index is 1.59. The van der Waals surface area contributed by atoms with Crippen molar-refractivity contribution in [3.05, 3.63) is 72.2 Å². The molecule has 0 bridgehead atoms. The van der Waals surface area contributed by atoms with Crippen LogP contribution in [0.25, 0.3) is 11.3 Å². The van der Waals surface area contributed by atoms with E-state index in [0.29, 0.717) is 6.54 Å². The minimum atomic E-state index is -0.883. The second kappa shape index (κ2) is 6.99. The lowest BCUT2D eigenvalue weighted by atomic mass is 10.2. The number of hydrogen-bond acceptors (Lipinski definition) is 3. The molecule has 2 heterocycles. The molecule has 0 aliphatic rings. The van der Waals surface area contributed by atoms with Gasteiger partial charge in [0, 0.05) is 30.7 Å². The highest BCUT2D eigenvalue weighted by Crippen LogP contribution is 2.15. The molecule has 0 radical (unpaired) electrons. The van der Waals surface area contributed by atoms with Gasteiger partial charge in [-0.1, -0.05) is 6.07 Å². The quantitative estimate of drug-likeness (QED) is 0.783. The van der Waals surface area contributed by atoms with E-state index >= 15 is 0 Å². The summed E-state index contributed by atoms with van der Waals surface area (Å²) in [5.41, 5.74) is 1.14. The second-order valence-corrected chi connectivity index (χ2v) is 5.05. The van der Waals surface area contributed by atoms with Gasteiger partial charge in [0.05, 0.1) is 12.2 Å². The fourth-order valence-electron chi connectivity index (χ4n) is 2.25. The third-order valence-electron chi connectivity index (χ3n) is 3.43. The summed E-state index contributed by atoms with van der Waals surface area (Å²) in [6, 6.07) is 8.84. The van der Waals surface area contributed by atoms with Gasteiger partial charge in [-0.15, -0.1) is 0 Å². The maximum absolute atomic E-state index is 13.5. The molecule has 3 rings (SSSR count). The first kappa shape index (κ1) is 15.8. The van der Waals surface area contributed by atoms with Gasteiger partial charge in [0.15, 0.2) is 0 Å². The Hall–Kier alpha value is -3.09. The minimum absolute atomic E-state index is 0.198. The molecule has 0 aliphatic carbocycles. The predicted molar refractivity (Wildman–Crippen MR) is 84.1 cm³/mol. The summed E-state index contributed by atoms with van der Waals surface area (Å²) >= 11 is 0. The second-order valence-electron chi connectivity index (χ2n) is 5.05. The number of nitrogens with zero attached hydrogens (tertiary/aromatic N) is 3. The van der Waals surface area contributed by atoms with E-state index in [1.54, 1.807) is 23.3 Å². The van der Waals surface area contributed by atoms with Gasteiger partial charge in [-0.3, -0.25) is 14.5 Å². The van der Waals surface area contributed by atoms with Crippen LogP contribution in [0.2, 0.25) is 0 Å². The smallest absolute Gasteiger partial charge is 0.257 e. The molecule has 2 aromatic heterocycles. The molecule has 1 aromatic carbocycles. The van der Waals surface area contributed by atoms with Gasteiger partial charge in [-0.05, 0) is 30.3 Å². The molecule has 5 nitrogen and oxygen atoms in total. The number of carbonyl (C=O) groups is 1. The van der Waals surface area contributed by atoms with Crippen molar-refractivity contribution in [1.82, 2.24) is 20.1 Å². The van der Waals surface area contributed by atoms with E-state index in [-0.39, 0.29) is 6.54 Å². The van der Waals surface area contributed by atoms with Crippen LogP contribution in [0.1, 0.15) is 10.4 Å². The standard InChI is InChI=1S/C17H14F2N4O/c18-13-2-1-3-14(19)16(13)17(24)21-9-11-23-10-6-15(22-23)12-4-7-20-8-5-12/h1-8,10H,9,11H2,(H,21,24). The predicted octanol–water partition coefficient (Wildman–Crippen LogP) is 2.65. The highest BCUT2D eigenvalue weighted by Gasteiger charge is 2.16. The number of nitrogens with one attached hydrogen (secondary N) is 1. The number of carbonyl (C=O) groups excluding carboxylic acids is 1. The first-order chi connectivity index (χ1) is 11.6. The van der Waals surface area contributed by atoms with Crippen LogP contribution in [0, 0.1) is 11.6 Å². The number of hydrogen-bond donors (Lipinski definition) is 1. The number of pyridine rings is 1. The lowest BCUT2D eigenvalue weighted by Gasteiger charge is -2.07. The van der Waals surface area contributed by atoms with Crippen molar-refractivity contribution >= 4 is 5.91 Å². The van der Waals surface area contributed by atoms with Crippen LogP contribution in [0.3, 0.4) is 0 Å². The van der Waals surface area contributed by atoms with Crippen LogP contribution in [0.4, 0.5) is 8.78 Å². The van der Waals surface area contributed by atoms with Gasteiger partial charge in [0.25, 0.3) is 5.91 Å². The molecule has 0 unspecified atom stereocenters. The van der Waals surface area contributed by atoms with Crippen molar-refractivity contribution in [3.63, 3.8) is 0 Å². The van der Waals surface area contributed by atoms with Crippen LogP contribution in [0.5, 0.6) is 0 Å². The van der Waals surface area contributed by atoms with Gasteiger partial charge >= 0.3 is 0 Å². The monoisotopic (exact) mass is 328 g/mol. The normalized spacial score (nSPS) is 10.6. The molecule has 1 N–H and O–H groups in total. The lowest BCUT2D eigenvalue weighted by molar-refractivity contribution is 0.0943. The highest BCUT2D eigenvalue weighted by molar-refractivity contribution is 5.94. The van der Waals surface area contributed by atoms with Crippen LogP contribution < -0.4 is 5.32 Å². The first-order valence-corrected chi connectivity index (χ1v) is 7.31. The number of benzene rings is 1. The number of halogens is 2.